The summed E-state index contributed by atoms with van der Waals surface area (Å²) in [5.74, 6) is -0.733. The third-order valence-corrected chi connectivity index (χ3v) is 3.88. The molecular formula is C16H14Cl3N3O3S. The van der Waals surface area contributed by atoms with Crippen LogP contribution in [0.4, 0.5) is 5.69 Å². The standard InChI is InChI=1S/C16H13Cl2N3O3S.ClH/c1-24-13-11(17)6-9(7-12(13)18)15(23)21-16(25)20-10-4-2-8(3-5-10)14(19)22;/h2-7H,1H3,(H2,19,22)(H2,20,21,23,25);1H. The molecule has 0 unspecified atom stereocenters. The number of carbonyl (C=O) groups is 2. The summed E-state index contributed by atoms with van der Waals surface area (Å²) >= 11 is 17.1. The fraction of sp³-hybridized carbons (Fsp3) is 0.0625. The molecular weight excluding hydrogens is 421 g/mol. The van der Waals surface area contributed by atoms with E-state index in [1.54, 1.807) is 12.1 Å². The summed E-state index contributed by atoms with van der Waals surface area (Å²) in [7, 11) is 1.43. The van der Waals surface area contributed by atoms with Gasteiger partial charge in [0, 0.05) is 16.8 Å². The van der Waals surface area contributed by atoms with Gasteiger partial charge in [0.2, 0.25) is 5.91 Å². The molecule has 0 bridgehead atoms. The van der Waals surface area contributed by atoms with Crippen LogP contribution >= 0.6 is 47.8 Å². The van der Waals surface area contributed by atoms with Crippen molar-refractivity contribution < 1.29 is 14.3 Å². The molecule has 0 saturated heterocycles. The molecule has 0 aliphatic rings. The summed E-state index contributed by atoms with van der Waals surface area (Å²) < 4.78 is 5.03. The minimum absolute atomic E-state index is 0. The van der Waals surface area contributed by atoms with E-state index in [2.05, 4.69) is 10.6 Å². The maximum Gasteiger partial charge on any atom is 0.257 e. The molecule has 6 nitrogen and oxygen atoms in total. The Morgan fingerprint density at radius 1 is 1.08 bits per heavy atom. The van der Waals surface area contributed by atoms with Crippen molar-refractivity contribution in [1.82, 2.24) is 5.32 Å². The number of methoxy groups -OCH3 is 1. The van der Waals surface area contributed by atoms with Crippen molar-refractivity contribution in [2.75, 3.05) is 12.4 Å². The zero-order valence-electron chi connectivity index (χ0n) is 13.3. The lowest BCUT2D eigenvalue weighted by Crippen LogP contribution is -2.34. The number of rotatable bonds is 4. The van der Waals surface area contributed by atoms with Gasteiger partial charge in [0.1, 0.15) is 0 Å². The SMILES string of the molecule is COc1c(Cl)cc(C(=O)NC(=S)Nc2ccc(C(N)=O)cc2)cc1Cl.Cl. The molecule has 0 aromatic heterocycles. The Hall–Kier alpha value is -2.06. The lowest BCUT2D eigenvalue weighted by Gasteiger charge is -2.11. The number of halogens is 3. The number of benzene rings is 2. The topological polar surface area (TPSA) is 93.4 Å². The van der Waals surface area contributed by atoms with Crippen molar-refractivity contribution in [1.29, 1.82) is 0 Å². The lowest BCUT2D eigenvalue weighted by molar-refractivity contribution is 0.0975. The second-order valence-corrected chi connectivity index (χ2v) is 6.05. The molecule has 0 spiro atoms. The highest BCUT2D eigenvalue weighted by atomic mass is 35.5. The molecule has 2 amide bonds. The van der Waals surface area contributed by atoms with Crippen molar-refractivity contribution in [2.24, 2.45) is 5.73 Å². The third kappa shape index (κ3) is 5.47. The monoisotopic (exact) mass is 433 g/mol. The molecule has 2 rings (SSSR count). The molecule has 0 heterocycles. The van der Waals surface area contributed by atoms with E-state index in [0.29, 0.717) is 11.3 Å². The van der Waals surface area contributed by atoms with E-state index in [4.69, 9.17) is 45.9 Å². The van der Waals surface area contributed by atoms with Gasteiger partial charge in [-0.2, -0.15) is 0 Å². The first kappa shape index (κ1) is 22.0. The lowest BCUT2D eigenvalue weighted by atomic mass is 10.2. The highest BCUT2D eigenvalue weighted by molar-refractivity contribution is 7.80. The number of nitrogens with two attached hydrogens (primary N) is 1. The molecule has 0 radical (unpaired) electrons. The smallest absolute Gasteiger partial charge is 0.257 e. The number of nitrogens with one attached hydrogen (secondary N) is 2. The van der Waals surface area contributed by atoms with Gasteiger partial charge in [0.25, 0.3) is 5.91 Å². The largest absolute Gasteiger partial charge is 0.494 e. The summed E-state index contributed by atoms with van der Waals surface area (Å²) in [4.78, 5) is 23.3. The number of ether oxygens (including phenoxy) is 1. The Balaban J connectivity index is 0.00000338. The van der Waals surface area contributed by atoms with E-state index in [0.717, 1.165) is 0 Å². The van der Waals surface area contributed by atoms with Crippen LogP contribution in [0.15, 0.2) is 36.4 Å². The van der Waals surface area contributed by atoms with Crippen LogP contribution in [0, 0.1) is 0 Å². The van der Waals surface area contributed by atoms with Crippen molar-refractivity contribution in [2.45, 2.75) is 0 Å². The van der Waals surface area contributed by atoms with Gasteiger partial charge in [-0.25, -0.2) is 0 Å². The average molecular weight is 435 g/mol. The first-order valence-electron chi connectivity index (χ1n) is 6.87. The molecule has 0 aliphatic carbocycles. The van der Waals surface area contributed by atoms with Gasteiger partial charge in [-0.05, 0) is 48.6 Å². The van der Waals surface area contributed by atoms with Gasteiger partial charge >= 0.3 is 0 Å². The quantitative estimate of drug-likeness (QED) is 0.639. The Kier molecular flexibility index (Phi) is 8.10. The van der Waals surface area contributed by atoms with Gasteiger partial charge < -0.3 is 15.8 Å². The molecule has 26 heavy (non-hydrogen) atoms. The summed E-state index contributed by atoms with van der Waals surface area (Å²) in [6.07, 6.45) is 0. The van der Waals surface area contributed by atoms with Gasteiger partial charge in [-0.3, -0.25) is 14.9 Å². The van der Waals surface area contributed by atoms with E-state index >= 15 is 0 Å². The van der Waals surface area contributed by atoms with Crippen LogP contribution in [0.5, 0.6) is 5.75 Å². The molecule has 0 aliphatic heterocycles. The van der Waals surface area contributed by atoms with Crippen molar-refractivity contribution in [3.8, 4) is 5.75 Å². The number of carbonyl (C=O) groups excluding carboxylic acids is 2. The Bertz CT molecular complexity index is 821. The molecule has 4 N–H and O–H groups in total. The fourth-order valence-electron chi connectivity index (χ4n) is 1.94. The van der Waals surface area contributed by atoms with E-state index in [9.17, 15) is 9.59 Å². The predicted molar refractivity (Wildman–Crippen MR) is 109 cm³/mol. The summed E-state index contributed by atoms with van der Waals surface area (Å²) in [6.45, 7) is 0. The van der Waals surface area contributed by atoms with Crippen LogP contribution in [0.1, 0.15) is 20.7 Å². The zero-order chi connectivity index (χ0) is 18.6. The Morgan fingerprint density at radius 2 is 1.62 bits per heavy atom. The number of anilines is 1. The van der Waals surface area contributed by atoms with Crippen LogP contribution in [-0.2, 0) is 0 Å². The Labute approximate surface area is 171 Å². The summed E-state index contributed by atoms with van der Waals surface area (Å²) in [5, 5.41) is 5.81. The van der Waals surface area contributed by atoms with Crippen LogP contribution in [0.3, 0.4) is 0 Å². The first-order valence-corrected chi connectivity index (χ1v) is 8.03. The van der Waals surface area contributed by atoms with E-state index in [1.807, 2.05) is 0 Å². The fourth-order valence-corrected chi connectivity index (χ4v) is 2.79. The molecule has 0 fully saturated rings. The first-order chi connectivity index (χ1) is 11.8. The predicted octanol–water partition coefficient (Wildman–Crippen LogP) is 3.65. The number of amides is 2. The Morgan fingerprint density at radius 3 is 2.08 bits per heavy atom. The van der Waals surface area contributed by atoms with E-state index in [-0.39, 0.29) is 38.9 Å². The maximum atomic E-state index is 12.2. The molecule has 138 valence electrons. The van der Waals surface area contributed by atoms with Crippen molar-refractivity contribution >= 4 is 70.4 Å². The minimum Gasteiger partial charge on any atom is -0.494 e. The van der Waals surface area contributed by atoms with Crippen LogP contribution < -0.4 is 21.1 Å². The minimum atomic E-state index is -0.532. The maximum absolute atomic E-state index is 12.2. The highest BCUT2D eigenvalue weighted by Gasteiger charge is 2.14. The van der Waals surface area contributed by atoms with E-state index < -0.39 is 11.8 Å². The summed E-state index contributed by atoms with van der Waals surface area (Å²) in [6, 6.07) is 9.15. The third-order valence-electron chi connectivity index (χ3n) is 3.12. The van der Waals surface area contributed by atoms with Crippen molar-refractivity contribution in [3.63, 3.8) is 0 Å². The van der Waals surface area contributed by atoms with Crippen LogP contribution in [0.25, 0.3) is 0 Å². The second-order valence-electron chi connectivity index (χ2n) is 4.82. The molecule has 2 aromatic carbocycles. The number of hydrogen-bond acceptors (Lipinski definition) is 4. The molecule has 0 atom stereocenters. The van der Waals surface area contributed by atoms with Gasteiger partial charge in [0.15, 0.2) is 10.9 Å². The van der Waals surface area contributed by atoms with E-state index in [1.165, 1.54) is 31.4 Å². The average Bonchev–Trinajstić information content (AvgIpc) is 2.54. The number of thiocarbonyl (C=S) groups is 1. The van der Waals surface area contributed by atoms with Crippen LogP contribution in [-0.4, -0.2) is 24.0 Å². The zero-order valence-corrected chi connectivity index (χ0v) is 16.5. The number of hydrogen-bond donors (Lipinski definition) is 3. The molecule has 2 aromatic rings. The molecule has 0 saturated carbocycles. The number of primary amides is 1. The van der Waals surface area contributed by atoms with Crippen molar-refractivity contribution in [3.05, 3.63) is 57.6 Å². The van der Waals surface area contributed by atoms with Gasteiger partial charge in [-0.1, -0.05) is 23.2 Å². The highest BCUT2D eigenvalue weighted by Crippen LogP contribution is 2.33. The van der Waals surface area contributed by atoms with Crippen LogP contribution in [0.2, 0.25) is 10.0 Å². The molecule has 10 heteroatoms. The van der Waals surface area contributed by atoms with Gasteiger partial charge in [0.05, 0.1) is 17.2 Å². The van der Waals surface area contributed by atoms with Gasteiger partial charge in [-0.15, -0.1) is 12.4 Å². The normalized spacial score (nSPS) is 9.65. The second kappa shape index (κ2) is 9.59. The summed E-state index contributed by atoms with van der Waals surface area (Å²) in [5.41, 5.74) is 6.34.